The Morgan fingerprint density at radius 2 is 1.73 bits per heavy atom. The summed E-state index contributed by atoms with van der Waals surface area (Å²) in [7, 11) is 0. The van der Waals surface area contributed by atoms with Gasteiger partial charge in [0.1, 0.15) is 6.04 Å². The summed E-state index contributed by atoms with van der Waals surface area (Å²) in [5.41, 5.74) is 1.46. The van der Waals surface area contributed by atoms with Gasteiger partial charge in [-0.2, -0.15) is 0 Å². The fourth-order valence-corrected chi connectivity index (χ4v) is 3.13. The van der Waals surface area contributed by atoms with Crippen molar-refractivity contribution in [1.82, 2.24) is 10.6 Å². The molecular weight excluding hydrogens is 402 g/mol. The van der Waals surface area contributed by atoms with Crippen LogP contribution >= 0.6 is 11.6 Å². The highest BCUT2D eigenvalue weighted by Gasteiger charge is 2.23. The van der Waals surface area contributed by atoms with Gasteiger partial charge in [0.15, 0.2) is 0 Å². The topological polar surface area (TPSA) is 87.3 Å². The van der Waals surface area contributed by atoms with E-state index in [1.165, 1.54) is 6.07 Å². The molecule has 0 radical (unpaired) electrons. The van der Waals surface area contributed by atoms with E-state index in [9.17, 15) is 14.4 Å². The molecule has 6 nitrogen and oxygen atoms in total. The molecule has 2 rings (SSSR count). The van der Waals surface area contributed by atoms with Crippen molar-refractivity contribution in [3.8, 4) is 0 Å². The van der Waals surface area contributed by atoms with Gasteiger partial charge < -0.3 is 16.0 Å². The molecule has 0 saturated carbocycles. The lowest BCUT2D eigenvalue weighted by Gasteiger charge is -2.20. The number of hydrogen-bond acceptors (Lipinski definition) is 3. The fourth-order valence-electron chi connectivity index (χ4n) is 2.86. The molecule has 0 aliphatic carbocycles. The van der Waals surface area contributed by atoms with Crippen molar-refractivity contribution in [2.45, 2.75) is 39.7 Å². The molecular formula is C23H28ClN3O3. The number of anilines is 1. The van der Waals surface area contributed by atoms with E-state index in [0.29, 0.717) is 29.8 Å². The van der Waals surface area contributed by atoms with E-state index in [-0.39, 0.29) is 22.8 Å². The van der Waals surface area contributed by atoms with E-state index in [0.717, 1.165) is 6.42 Å². The van der Waals surface area contributed by atoms with E-state index in [1.807, 2.05) is 39.0 Å². The predicted molar refractivity (Wildman–Crippen MR) is 119 cm³/mol. The Labute approximate surface area is 182 Å². The normalized spacial score (nSPS) is 11.6. The second kappa shape index (κ2) is 11.4. The standard InChI is InChI=1S/C23H28ClN3O3/c1-4-12-25-22(29)18-11-10-17(14-19(18)24)26-23(30)21(16-8-6-5-7-9-16)27-20(28)13-15(2)3/h5-11,14-15,21H,4,12-13H2,1-3H3,(H,25,29)(H,26,30)(H,27,28). The van der Waals surface area contributed by atoms with Gasteiger partial charge in [0.05, 0.1) is 10.6 Å². The molecule has 160 valence electrons. The van der Waals surface area contributed by atoms with E-state index in [4.69, 9.17) is 11.6 Å². The van der Waals surface area contributed by atoms with Crippen LogP contribution in [0.25, 0.3) is 0 Å². The van der Waals surface area contributed by atoms with Crippen molar-refractivity contribution in [1.29, 1.82) is 0 Å². The summed E-state index contributed by atoms with van der Waals surface area (Å²) in [6.07, 6.45) is 1.14. The molecule has 0 saturated heterocycles. The molecule has 1 unspecified atom stereocenters. The maximum Gasteiger partial charge on any atom is 0.252 e. The van der Waals surface area contributed by atoms with Gasteiger partial charge in [-0.15, -0.1) is 0 Å². The molecule has 2 aromatic rings. The molecule has 0 aliphatic heterocycles. The minimum atomic E-state index is -0.844. The highest BCUT2D eigenvalue weighted by Crippen LogP contribution is 2.23. The third kappa shape index (κ3) is 6.88. The van der Waals surface area contributed by atoms with Crippen LogP contribution in [0.5, 0.6) is 0 Å². The predicted octanol–water partition coefficient (Wildman–Crippen LogP) is 4.32. The summed E-state index contributed by atoms with van der Waals surface area (Å²) < 4.78 is 0. The summed E-state index contributed by atoms with van der Waals surface area (Å²) >= 11 is 6.24. The number of carbonyl (C=O) groups is 3. The zero-order valence-corrected chi connectivity index (χ0v) is 18.3. The van der Waals surface area contributed by atoms with Gasteiger partial charge in [-0.05, 0) is 36.1 Å². The molecule has 0 fully saturated rings. The summed E-state index contributed by atoms with van der Waals surface area (Å²) in [6.45, 7) is 6.40. The number of benzene rings is 2. The Kier molecular flexibility index (Phi) is 8.87. The number of rotatable bonds is 9. The molecule has 3 amide bonds. The molecule has 2 aromatic carbocycles. The van der Waals surface area contributed by atoms with Crippen molar-refractivity contribution >= 4 is 35.0 Å². The average Bonchev–Trinajstić information content (AvgIpc) is 2.70. The SMILES string of the molecule is CCCNC(=O)c1ccc(NC(=O)C(NC(=O)CC(C)C)c2ccccc2)cc1Cl. The van der Waals surface area contributed by atoms with Gasteiger partial charge in [-0.25, -0.2) is 0 Å². The largest absolute Gasteiger partial charge is 0.352 e. The number of nitrogens with one attached hydrogen (secondary N) is 3. The summed E-state index contributed by atoms with van der Waals surface area (Å²) in [6, 6.07) is 12.9. The molecule has 0 heterocycles. The minimum Gasteiger partial charge on any atom is -0.352 e. The lowest BCUT2D eigenvalue weighted by Crippen LogP contribution is -2.37. The molecule has 0 spiro atoms. The second-order valence-corrected chi connectivity index (χ2v) is 7.86. The number of amides is 3. The number of carbonyl (C=O) groups excluding carboxylic acids is 3. The number of hydrogen-bond donors (Lipinski definition) is 3. The van der Waals surface area contributed by atoms with Crippen LogP contribution < -0.4 is 16.0 Å². The van der Waals surface area contributed by atoms with Gasteiger partial charge in [0.25, 0.3) is 11.8 Å². The molecule has 0 aliphatic rings. The van der Waals surface area contributed by atoms with Crippen molar-refractivity contribution in [3.63, 3.8) is 0 Å². The first kappa shape index (κ1) is 23.4. The highest BCUT2D eigenvalue weighted by molar-refractivity contribution is 6.34. The third-order valence-electron chi connectivity index (χ3n) is 4.31. The second-order valence-electron chi connectivity index (χ2n) is 7.45. The molecule has 3 N–H and O–H groups in total. The zero-order chi connectivity index (χ0) is 22.1. The quantitative estimate of drug-likeness (QED) is 0.554. The van der Waals surface area contributed by atoms with Crippen molar-refractivity contribution < 1.29 is 14.4 Å². The van der Waals surface area contributed by atoms with E-state index in [1.54, 1.807) is 24.3 Å². The van der Waals surface area contributed by atoms with Crippen LogP contribution in [-0.4, -0.2) is 24.3 Å². The van der Waals surface area contributed by atoms with Crippen LogP contribution in [0.3, 0.4) is 0 Å². The Morgan fingerprint density at radius 1 is 1.03 bits per heavy atom. The summed E-state index contributed by atoms with van der Waals surface area (Å²) in [4.78, 5) is 37.4. The smallest absolute Gasteiger partial charge is 0.252 e. The Hall–Kier alpha value is -2.86. The third-order valence-corrected chi connectivity index (χ3v) is 4.62. The van der Waals surface area contributed by atoms with Crippen LogP contribution in [0.15, 0.2) is 48.5 Å². The maximum atomic E-state index is 13.0. The van der Waals surface area contributed by atoms with Gasteiger partial charge >= 0.3 is 0 Å². The maximum absolute atomic E-state index is 13.0. The summed E-state index contributed by atoms with van der Waals surface area (Å²) in [5.74, 6) is -0.676. The van der Waals surface area contributed by atoms with Crippen molar-refractivity contribution in [2.24, 2.45) is 5.92 Å². The van der Waals surface area contributed by atoms with E-state index >= 15 is 0 Å². The van der Waals surface area contributed by atoms with Gasteiger partial charge in [0.2, 0.25) is 5.91 Å². The van der Waals surface area contributed by atoms with Gasteiger partial charge in [-0.1, -0.05) is 62.7 Å². The summed E-state index contributed by atoms with van der Waals surface area (Å²) in [5, 5.41) is 8.59. The molecule has 0 aromatic heterocycles. The van der Waals surface area contributed by atoms with Crippen LogP contribution in [0.1, 0.15) is 55.6 Å². The highest BCUT2D eigenvalue weighted by atomic mass is 35.5. The lowest BCUT2D eigenvalue weighted by atomic mass is 10.0. The van der Waals surface area contributed by atoms with Crippen LogP contribution in [0, 0.1) is 5.92 Å². The zero-order valence-electron chi connectivity index (χ0n) is 17.5. The Balaban J connectivity index is 2.17. The van der Waals surface area contributed by atoms with E-state index < -0.39 is 11.9 Å². The van der Waals surface area contributed by atoms with Gasteiger partial charge in [0, 0.05) is 18.7 Å². The van der Waals surface area contributed by atoms with Crippen LogP contribution in [0.4, 0.5) is 5.69 Å². The number of halogens is 1. The van der Waals surface area contributed by atoms with Crippen molar-refractivity contribution in [2.75, 3.05) is 11.9 Å². The van der Waals surface area contributed by atoms with E-state index in [2.05, 4.69) is 16.0 Å². The monoisotopic (exact) mass is 429 g/mol. The molecule has 7 heteroatoms. The minimum absolute atomic E-state index is 0.176. The lowest BCUT2D eigenvalue weighted by molar-refractivity contribution is -0.127. The first-order valence-corrected chi connectivity index (χ1v) is 10.4. The molecule has 0 bridgehead atoms. The molecule has 30 heavy (non-hydrogen) atoms. The Morgan fingerprint density at radius 3 is 2.33 bits per heavy atom. The van der Waals surface area contributed by atoms with Crippen LogP contribution in [-0.2, 0) is 9.59 Å². The average molecular weight is 430 g/mol. The van der Waals surface area contributed by atoms with Gasteiger partial charge in [-0.3, -0.25) is 14.4 Å². The Bertz CT molecular complexity index is 885. The van der Waals surface area contributed by atoms with Crippen LogP contribution in [0.2, 0.25) is 5.02 Å². The fraction of sp³-hybridized carbons (Fsp3) is 0.348. The van der Waals surface area contributed by atoms with Crippen molar-refractivity contribution in [3.05, 3.63) is 64.7 Å². The first-order chi connectivity index (χ1) is 14.3. The molecule has 1 atom stereocenters. The first-order valence-electron chi connectivity index (χ1n) is 10.0.